The number of halogens is 1. The van der Waals surface area contributed by atoms with Crippen molar-refractivity contribution < 1.29 is 4.79 Å². The number of carbonyl (C=O) groups excluding carboxylic acids is 1. The van der Waals surface area contributed by atoms with Gasteiger partial charge in [-0.3, -0.25) is 14.9 Å². The van der Waals surface area contributed by atoms with Crippen molar-refractivity contribution in [2.24, 2.45) is 0 Å². The van der Waals surface area contributed by atoms with Crippen LogP contribution in [0, 0.1) is 6.92 Å². The van der Waals surface area contributed by atoms with Gasteiger partial charge in [0.1, 0.15) is 0 Å². The minimum atomic E-state index is -0.0526. The number of benzene rings is 1. The molecule has 5 nitrogen and oxygen atoms in total. The Kier molecular flexibility index (Phi) is 7.11. The van der Waals surface area contributed by atoms with Crippen molar-refractivity contribution >= 4 is 17.5 Å². The maximum absolute atomic E-state index is 13.2. The van der Waals surface area contributed by atoms with E-state index in [4.69, 9.17) is 16.7 Å². The maximum Gasteiger partial charge on any atom is 0.286 e. The molecular formula is C24H33ClN4O. The zero-order chi connectivity index (χ0) is 20.9. The van der Waals surface area contributed by atoms with E-state index < -0.39 is 0 Å². The Labute approximate surface area is 184 Å². The summed E-state index contributed by atoms with van der Waals surface area (Å²) < 4.78 is 2.09. The molecule has 1 N–H and O–H groups in total. The minimum Gasteiger partial charge on any atom is -0.283 e. The predicted molar refractivity (Wildman–Crippen MR) is 122 cm³/mol. The second-order valence-corrected chi connectivity index (χ2v) is 9.03. The summed E-state index contributed by atoms with van der Waals surface area (Å²) in [6.45, 7) is 4.82. The molecule has 0 spiro atoms. The highest BCUT2D eigenvalue weighted by Gasteiger charge is 2.28. The number of nitrogens with zero attached hydrogens (tertiary/aromatic N) is 3. The van der Waals surface area contributed by atoms with Crippen LogP contribution in [0.15, 0.2) is 18.2 Å². The van der Waals surface area contributed by atoms with Crippen LogP contribution in [0.3, 0.4) is 0 Å². The summed E-state index contributed by atoms with van der Waals surface area (Å²) in [4.78, 5) is 13.2. The van der Waals surface area contributed by atoms with Gasteiger partial charge in [0.2, 0.25) is 0 Å². The van der Waals surface area contributed by atoms with Crippen LogP contribution in [0.4, 0.5) is 0 Å². The summed E-state index contributed by atoms with van der Waals surface area (Å²) in [5.41, 5.74) is 9.91. The number of rotatable bonds is 7. The molecule has 30 heavy (non-hydrogen) atoms. The first-order valence-electron chi connectivity index (χ1n) is 11.5. The lowest BCUT2D eigenvalue weighted by atomic mass is 9.99. The standard InChI is InChI=1S/C24H33ClN4O/c1-18-11-12-20-19(17-18)9-8-10-21-22(24(30)27-28-14-5-3-6-15-28)26-29(23(20)21)16-7-2-4-13-25/h11-12,17H,2-10,13-16H2,1H3,(H,27,30). The summed E-state index contributed by atoms with van der Waals surface area (Å²) in [6, 6.07) is 6.69. The van der Waals surface area contributed by atoms with Gasteiger partial charge in [-0.1, -0.05) is 36.6 Å². The van der Waals surface area contributed by atoms with E-state index in [2.05, 4.69) is 40.2 Å². The average Bonchev–Trinajstić information content (AvgIpc) is 3.00. The topological polar surface area (TPSA) is 50.2 Å². The third-order valence-corrected chi connectivity index (χ3v) is 6.54. The van der Waals surface area contributed by atoms with E-state index in [0.717, 1.165) is 82.3 Å². The van der Waals surface area contributed by atoms with Crippen LogP contribution in [0.5, 0.6) is 0 Å². The zero-order valence-corrected chi connectivity index (χ0v) is 18.8. The number of fused-ring (bicyclic) bond motifs is 3. The Morgan fingerprint density at radius 3 is 2.73 bits per heavy atom. The first kappa shape index (κ1) is 21.4. The molecular weight excluding hydrogens is 396 g/mol. The quantitative estimate of drug-likeness (QED) is 0.504. The highest BCUT2D eigenvalue weighted by Crippen LogP contribution is 2.35. The van der Waals surface area contributed by atoms with E-state index >= 15 is 0 Å². The van der Waals surface area contributed by atoms with E-state index in [9.17, 15) is 4.79 Å². The average molecular weight is 429 g/mol. The summed E-state index contributed by atoms with van der Waals surface area (Å²) >= 11 is 5.86. The van der Waals surface area contributed by atoms with Crippen LogP contribution in [0.2, 0.25) is 0 Å². The van der Waals surface area contributed by atoms with Gasteiger partial charge < -0.3 is 0 Å². The van der Waals surface area contributed by atoms with Gasteiger partial charge in [-0.25, -0.2) is 5.01 Å². The molecule has 1 fully saturated rings. The number of unbranched alkanes of at least 4 members (excludes halogenated alkanes) is 2. The van der Waals surface area contributed by atoms with Crippen LogP contribution in [-0.4, -0.2) is 39.7 Å². The number of hydrogen-bond donors (Lipinski definition) is 1. The number of nitrogens with one attached hydrogen (secondary N) is 1. The Balaban J connectivity index is 1.67. The molecule has 1 saturated heterocycles. The van der Waals surface area contributed by atoms with Crippen LogP contribution >= 0.6 is 11.6 Å². The fourth-order valence-corrected chi connectivity index (χ4v) is 4.92. The fraction of sp³-hybridized carbons (Fsp3) is 0.583. The van der Waals surface area contributed by atoms with Gasteiger partial charge >= 0.3 is 0 Å². The molecule has 1 aromatic heterocycles. The second kappa shape index (κ2) is 9.97. The molecule has 6 heteroatoms. The molecule has 2 heterocycles. The smallest absolute Gasteiger partial charge is 0.283 e. The number of piperidine rings is 1. The number of aromatic nitrogens is 2. The summed E-state index contributed by atoms with van der Waals surface area (Å²) in [6.07, 6.45) is 9.63. The molecule has 1 aliphatic carbocycles. The lowest BCUT2D eigenvalue weighted by molar-refractivity contribution is 0.0743. The van der Waals surface area contributed by atoms with Crippen LogP contribution in [-0.2, 0) is 19.4 Å². The van der Waals surface area contributed by atoms with Gasteiger partial charge in [0.15, 0.2) is 5.69 Å². The predicted octanol–water partition coefficient (Wildman–Crippen LogP) is 4.89. The zero-order valence-electron chi connectivity index (χ0n) is 18.1. The Bertz CT molecular complexity index is 886. The number of carbonyl (C=O) groups is 1. The van der Waals surface area contributed by atoms with Gasteiger partial charge in [0, 0.05) is 36.6 Å². The molecule has 0 bridgehead atoms. The molecule has 0 atom stereocenters. The van der Waals surface area contributed by atoms with E-state index in [0.29, 0.717) is 11.6 Å². The van der Waals surface area contributed by atoms with Gasteiger partial charge in [-0.05, 0) is 57.4 Å². The largest absolute Gasteiger partial charge is 0.286 e. The molecule has 1 amide bonds. The highest BCUT2D eigenvalue weighted by molar-refractivity contribution is 6.17. The Morgan fingerprint density at radius 1 is 1.10 bits per heavy atom. The molecule has 0 saturated carbocycles. The first-order valence-corrected chi connectivity index (χ1v) is 12.0. The van der Waals surface area contributed by atoms with Gasteiger partial charge in [-0.15, -0.1) is 11.6 Å². The molecule has 4 rings (SSSR count). The summed E-state index contributed by atoms with van der Waals surface area (Å²) in [5.74, 6) is 0.645. The first-order chi connectivity index (χ1) is 14.7. The van der Waals surface area contributed by atoms with Crippen molar-refractivity contribution in [2.45, 2.75) is 71.3 Å². The van der Waals surface area contributed by atoms with Gasteiger partial charge in [0.05, 0.1) is 5.69 Å². The van der Waals surface area contributed by atoms with E-state index in [1.54, 1.807) is 0 Å². The second-order valence-electron chi connectivity index (χ2n) is 8.65. The van der Waals surface area contributed by atoms with Crippen molar-refractivity contribution in [3.05, 3.63) is 40.6 Å². The normalized spacial score (nSPS) is 16.6. The lowest BCUT2D eigenvalue weighted by Crippen LogP contribution is -2.45. The van der Waals surface area contributed by atoms with Gasteiger partial charge in [-0.2, -0.15) is 5.10 Å². The highest BCUT2D eigenvalue weighted by atomic mass is 35.5. The van der Waals surface area contributed by atoms with Crippen molar-refractivity contribution in [2.75, 3.05) is 19.0 Å². The number of amides is 1. The van der Waals surface area contributed by atoms with Crippen molar-refractivity contribution in [1.29, 1.82) is 0 Å². The van der Waals surface area contributed by atoms with Gasteiger partial charge in [0.25, 0.3) is 5.91 Å². The minimum absolute atomic E-state index is 0.0526. The Hall–Kier alpha value is -1.85. The molecule has 0 unspecified atom stereocenters. The number of alkyl halides is 1. The number of hydrazine groups is 1. The van der Waals surface area contributed by atoms with E-state index in [1.807, 2.05) is 0 Å². The van der Waals surface area contributed by atoms with Crippen molar-refractivity contribution in [3.8, 4) is 11.3 Å². The van der Waals surface area contributed by atoms with Crippen LogP contribution < -0.4 is 5.43 Å². The van der Waals surface area contributed by atoms with Crippen molar-refractivity contribution in [3.63, 3.8) is 0 Å². The monoisotopic (exact) mass is 428 g/mol. The fourth-order valence-electron chi connectivity index (χ4n) is 4.73. The third-order valence-electron chi connectivity index (χ3n) is 6.27. The number of hydrogen-bond acceptors (Lipinski definition) is 3. The summed E-state index contributed by atoms with van der Waals surface area (Å²) in [7, 11) is 0. The maximum atomic E-state index is 13.2. The van der Waals surface area contributed by atoms with Crippen LogP contribution in [0.1, 0.15) is 72.1 Å². The molecule has 1 aliphatic heterocycles. The lowest BCUT2D eigenvalue weighted by Gasteiger charge is -2.26. The van der Waals surface area contributed by atoms with E-state index in [-0.39, 0.29) is 5.91 Å². The molecule has 0 radical (unpaired) electrons. The van der Waals surface area contributed by atoms with E-state index in [1.165, 1.54) is 23.1 Å². The van der Waals surface area contributed by atoms with Crippen molar-refractivity contribution in [1.82, 2.24) is 20.2 Å². The number of aryl methyl sites for hydroxylation is 3. The van der Waals surface area contributed by atoms with Crippen LogP contribution in [0.25, 0.3) is 11.3 Å². The summed E-state index contributed by atoms with van der Waals surface area (Å²) in [5, 5.41) is 6.92. The molecule has 2 aromatic rings. The Morgan fingerprint density at radius 2 is 1.93 bits per heavy atom. The molecule has 2 aliphatic rings. The third kappa shape index (κ3) is 4.73. The molecule has 1 aromatic carbocycles. The molecule has 162 valence electrons. The SMILES string of the molecule is Cc1ccc2c(c1)CCCc1c(C(=O)NN3CCCCC3)nn(CCCCCCl)c1-2.